The lowest BCUT2D eigenvalue weighted by molar-refractivity contribution is -0.136. The Balaban J connectivity index is 2.25. The van der Waals surface area contributed by atoms with Gasteiger partial charge < -0.3 is 19.3 Å². The van der Waals surface area contributed by atoms with E-state index in [2.05, 4.69) is 19.9 Å². The van der Waals surface area contributed by atoms with Crippen molar-refractivity contribution >= 4 is 5.97 Å². The third-order valence-electron chi connectivity index (χ3n) is 5.08. The lowest BCUT2D eigenvalue weighted by Crippen LogP contribution is -2.36. The number of nitrogens with zero attached hydrogens (tertiary/aromatic N) is 2. The monoisotopic (exact) mass is 412 g/mol. The van der Waals surface area contributed by atoms with Gasteiger partial charge in [-0.05, 0) is 44.7 Å². The maximum absolute atomic E-state index is 11.9. The molecular weight excluding hydrogens is 380 g/mol. The molecule has 0 amide bonds. The van der Waals surface area contributed by atoms with Gasteiger partial charge in [0.15, 0.2) is 0 Å². The smallest absolute Gasteiger partial charge is 0.335 e. The number of ether oxygens (including phenoxy) is 1. The fourth-order valence-electron chi connectivity index (χ4n) is 3.18. The molecule has 0 saturated carbocycles. The molecular formula is C24H32N2O4. The number of methoxy groups -OCH3 is 1. The van der Waals surface area contributed by atoms with Crippen molar-refractivity contribution in [3.8, 4) is 0 Å². The lowest BCUT2D eigenvalue weighted by Gasteiger charge is -2.31. The first-order valence-corrected chi connectivity index (χ1v) is 10.3. The number of rotatable bonds is 8. The molecule has 0 radical (unpaired) electrons. The molecule has 1 N–H and O–H groups in total. The zero-order chi connectivity index (χ0) is 22.1. The second kappa shape index (κ2) is 11.4. The van der Waals surface area contributed by atoms with E-state index < -0.39 is 6.23 Å². The van der Waals surface area contributed by atoms with Crippen LogP contribution in [0.5, 0.6) is 0 Å². The number of carbonyl (C=O) groups is 1. The minimum absolute atomic E-state index is 0.0342. The highest BCUT2D eigenvalue weighted by Crippen LogP contribution is 2.22. The van der Waals surface area contributed by atoms with E-state index in [1.165, 1.54) is 12.7 Å². The Morgan fingerprint density at radius 2 is 2.00 bits per heavy atom. The number of aliphatic hydroxyl groups is 1. The van der Waals surface area contributed by atoms with Crippen LogP contribution in [0.1, 0.15) is 40.0 Å². The number of aromatic nitrogens is 1. The molecule has 1 aliphatic heterocycles. The average molecular weight is 413 g/mol. The van der Waals surface area contributed by atoms with Gasteiger partial charge in [-0.1, -0.05) is 42.4 Å². The van der Waals surface area contributed by atoms with Crippen LogP contribution < -0.4 is 5.56 Å². The average Bonchev–Trinajstić information content (AvgIpc) is 2.74. The third-order valence-corrected chi connectivity index (χ3v) is 5.08. The summed E-state index contributed by atoms with van der Waals surface area (Å²) in [5.41, 5.74) is 3.79. The summed E-state index contributed by atoms with van der Waals surface area (Å²) in [5.74, 6) is -0.359. The Hall–Kier alpha value is -2.86. The Bertz CT molecular complexity index is 921. The van der Waals surface area contributed by atoms with Gasteiger partial charge in [0.25, 0.3) is 5.56 Å². The first-order valence-electron chi connectivity index (χ1n) is 10.3. The predicted octanol–water partition coefficient (Wildman–Crippen LogP) is 3.55. The van der Waals surface area contributed by atoms with Crippen LogP contribution in [0.3, 0.4) is 0 Å². The molecule has 0 fully saturated rings. The molecule has 1 aromatic rings. The van der Waals surface area contributed by atoms with Gasteiger partial charge in [-0.2, -0.15) is 0 Å². The summed E-state index contributed by atoms with van der Waals surface area (Å²) in [6, 6.07) is 5.12. The van der Waals surface area contributed by atoms with E-state index in [1.54, 1.807) is 34.0 Å². The first-order chi connectivity index (χ1) is 14.3. The van der Waals surface area contributed by atoms with Crippen LogP contribution >= 0.6 is 0 Å². The van der Waals surface area contributed by atoms with Crippen LogP contribution in [0.4, 0.5) is 0 Å². The molecule has 1 atom stereocenters. The van der Waals surface area contributed by atoms with Crippen molar-refractivity contribution in [2.75, 3.05) is 13.7 Å². The van der Waals surface area contributed by atoms with E-state index in [0.29, 0.717) is 31.5 Å². The van der Waals surface area contributed by atoms with E-state index in [9.17, 15) is 14.7 Å². The summed E-state index contributed by atoms with van der Waals surface area (Å²) in [4.78, 5) is 25.6. The fourth-order valence-corrected chi connectivity index (χ4v) is 3.18. The normalized spacial score (nSPS) is 18.3. The topological polar surface area (TPSA) is 71.8 Å². The van der Waals surface area contributed by atoms with Gasteiger partial charge in [-0.3, -0.25) is 4.79 Å². The molecule has 162 valence electrons. The number of esters is 1. The second-order valence-electron chi connectivity index (χ2n) is 7.60. The molecule has 2 rings (SSSR count). The van der Waals surface area contributed by atoms with Crippen molar-refractivity contribution in [3.05, 3.63) is 81.5 Å². The van der Waals surface area contributed by atoms with E-state index in [1.807, 2.05) is 25.1 Å². The van der Waals surface area contributed by atoms with Crippen LogP contribution in [0.25, 0.3) is 0 Å². The fraction of sp³-hybridized carbons (Fsp3) is 0.417. The van der Waals surface area contributed by atoms with Gasteiger partial charge in [0.05, 0.1) is 12.7 Å². The van der Waals surface area contributed by atoms with Gasteiger partial charge in [-0.25, -0.2) is 4.79 Å². The first kappa shape index (κ1) is 23.4. The Morgan fingerprint density at radius 1 is 1.23 bits per heavy atom. The number of aliphatic hydroxyl groups excluding tert-OH is 1. The van der Waals surface area contributed by atoms with Crippen molar-refractivity contribution < 1.29 is 14.6 Å². The van der Waals surface area contributed by atoms with Gasteiger partial charge >= 0.3 is 5.97 Å². The molecule has 6 nitrogen and oxygen atoms in total. The van der Waals surface area contributed by atoms with Crippen LogP contribution in [0, 0.1) is 0 Å². The largest absolute Gasteiger partial charge is 0.466 e. The van der Waals surface area contributed by atoms with Crippen molar-refractivity contribution in [1.29, 1.82) is 0 Å². The molecule has 0 aliphatic carbocycles. The highest BCUT2D eigenvalue weighted by Gasteiger charge is 2.23. The van der Waals surface area contributed by atoms with E-state index in [4.69, 9.17) is 4.74 Å². The van der Waals surface area contributed by atoms with E-state index >= 15 is 0 Å². The van der Waals surface area contributed by atoms with Gasteiger partial charge in [0.1, 0.15) is 6.23 Å². The summed E-state index contributed by atoms with van der Waals surface area (Å²) < 4.78 is 6.48. The van der Waals surface area contributed by atoms with Gasteiger partial charge in [0.2, 0.25) is 0 Å². The maximum Gasteiger partial charge on any atom is 0.335 e. The van der Waals surface area contributed by atoms with Crippen molar-refractivity contribution in [2.45, 2.75) is 52.8 Å². The standard InChI is InChI=1S/C24H32N2O4/c1-5-18(2)14-20(10-9-19(3)15-25-13-7-6-8-22(25)27)16-26-17-21(24(29)30-4)11-12-23(26)28/h6-10,13-14,17,23,28H,5,11-12,15-16H2,1-4H3. The summed E-state index contributed by atoms with van der Waals surface area (Å²) in [6.07, 6.45) is 10.8. The Morgan fingerprint density at radius 3 is 2.67 bits per heavy atom. The number of carbonyl (C=O) groups excluding carboxylic acids is 1. The van der Waals surface area contributed by atoms with Gasteiger partial charge in [-0.15, -0.1) is 0 Å². The molecule has 0 bridgehead atoms. The molecule has 6 heteroatoms. The second-order valence-corrected chi connectivity index (χ2v) is 7.60. The van der Waals surface area contributed by atoms with Crippen molar-refractivity contribution in [2.24, 2.45) is 0 Å². The summed E-state index contributed by atoms with van der Waals surface area (Å²) in [5, 5.41) is 10.4. The summed E-state index contributed by atoms with van der Waals surface area (Å²) >= 11 is 0. The van der Waals surface area contributed by atoms with Crippen molar-refractivity contribution in [3.63, 3.8) is 0 Å². The molecule has 2 heterocycles. The quantitative estimate of drug-likeness (QED) is 0.522. The zero-order valence-electron chi connectivity index (χ0n) is 18.3. The molecule has 30 heavy (non-hydrogen) atoms. The third kappa shape index (κ3) is 6.88. The number of allylic oxidation sites excluding steroid dienone is 4. The molecule has 0 aromatic carbocycles. The van der Waals surface area contributed by atoms with Crippen LogP contribution in [0.15, 0.2) is 75.9 Å². The van der Waals surface area contributed by atoms with Gasteiger partial charge in [0, 0.05) is 31.6 Å². The summed E-state index contributed by atoms with van der Waals surface area (Å²) in [7, 11) is 1.36. The highest BCUT2D eigenvalue weighted by molar-refractivity contribution is 5.88. The summed E-state index contributed by atoms with van der Waals surface area (Å²) in [6.45, 7) is 7.12. The Kier molecular flexibility index (Phi) is 8.87. The zero-order valence-corrected chi connectivity index (χ0v) is 18.3. The van der Waals surface area contributed by atoms with E-state index in [-0.39, 0.29) is 11.5 Å². The molecule has 1 unspecified atom stereocenters. The SMILES string of the molecule is CCC(C)=CC(=CC=C(C)Cn1ccccc1=O)CN1C=C(C(=O)OC)CCC1O. The lowest BCUT2D eigenvalue weighted by atomic mass is 10.0. The highest BCUT2D eigenvalue weighted by atomic mass is 16.5. The number of hydrogen-bond donors (Lipinski definition) is 1. The molecule has 0 spiro atoms. The molecule has 1 aliphatic rings. The van der Waals surface area contributed by atoms with Crippen LogP contribution in [-0.2, 0) is 16.1 Å². The number of hydrogen-bond acceptors (Lipinski definition) is 5. The minimum Gasteiger partial charge on any atom is -0.466 e. The Labute approximate surface area is 178 Å². The van der Waals surface area contributed by atoms with Crippen molar-refractivity contribution in [1.82, 2.24) is 9.47 Å². The predicted molar refractivity (Wildman–Crippen MR) is 119 cm³/mol. The molecule has 1 aromatic heterocycles. The minimum atomic E-state index is -0.648. The molecule has 0 saturated heterocycles. The van der Waals surface area contributed by atoms with Crippen LogP contribution in [0.2, 0.25) is 0 Å². The number of pyridine rings is 1. The van der Waals surface area contributed by atoms with Crippen LogP contribution in [-0.4, -0.2) is 40.4 Å². The van der Waals surface area contributed by atoms with E-state index in [0.717, 1.165) is 17.6 Å². The maximum atomic E-state index is 11.9.